The van der Waals surface area contributed by atoms with Crippen LogP contribution >= 0.6 is 0 Å². The Morgan fingerprint density at radius 3 is 2.06 bits per heavy atom. The summed E-state index contributed by atoms with van der Waals surface area (Å²) in [5.41, 5.74) is 0.125. The van der Waals surface area contributed by atoms with Crippen molar-refractivity contribution in [3.63, 3.8) is 0 Å². The van der Waals surface area contributed by atoms with Crippen LogP contribution in [0.2, 0.25) is 0 Å². The summed E-state index contributed by atoms with van der Waals surface area (Å²) in [6.07, 6.45) is 3.78. The Hall–Kier alpha value is -0.860. The van der Waals surface area contributed by atoms with Gasteiger partial charge in [-0.1, -0.05) is 27.7 Å². The average molecular weight is 241 g/mol. The number of nitrogens with zero attached hydrogens (tertiary/aromatic N) is 1. The third kappa shape index (κ3) is 7.94. The van der Waals surface area contributed by atoms with Gasteiger partial charge in [0.1, 0.15) is 6.29 Å². The van der Waals surface area contributed by atoms with E-state index in [0.717, 1.165) is 25.3 Å². The molecule has 0 aromatic rings. The van der Waals surface area contributed by atoms with E-state index in [1.54, 1.807) is 0 Å². The molecular weight excluding hydrogens is 214 g/mol. The molecule has 0 aromatic carbocycles. The third-order valence-electron chi connectivity index (χ3n) is 2.82. The molecule has 1 aliphatic heterocycles. The fraction of sp³-hybridized carbons (Fsp3) is 0.857. The predicted octanol–water partition coefficient (Wildman–Crippen LogP) is 2.89. The Kier molecular flexibility index (Phi) is 7.09. The lowest BCUT2D eigenvalue weighted by atomic mass is 9.90. The smallest absolute Gasteiger partial charge is 0.223 e. The Labute approximate surface area is 106 Å². The van der Waals surface area contributed by atoms with Crippen molar-refractivity contribution in [1.82, 2.24) is 4.90 Å². The number of amides is 1. The Morgan fingerprint density at radius 2 is 1.71 bits per heavy atom. The van der Waals surface area contributed by atoms with Crippen molar-refractivity contribution >= 4 is 12.2 Å². The van der Waals surface area contributed by atoms with Gasteiger partial charge in [-0.25, -0.2) is 0 Å². The van der Waals surface area contributed by atoms with Gasteiger partial charge in [0.15, 0.2) is 0 Å². The highest BCUT2D eigenvalue weighted by Crippen LogP contribution is 2.22. The summed E-state index contributed by atoms with van der Waals surface area (Å²) in [6.45, 7) is 12.0. The van der Waals surface area contributed by atoms with E-state index in [0.29, 0.717) is 12.3 Å². The van der Waals surface area contributed by atoms with E-state index in [1.807, 2.05) is 4.90 Å². The van der Waals surface area contributed by atoms with Gasteiger partial charge in [0.05, 0.1) is 0 Å². The number of carbonyl (C=O) groups is 2. The van der Waals surface area contributed by atoms with Crippen molar-refractivity contribution in [3.05, 3.63) is 0 Å². The van der Waals surface area contributed by atoms with Crippen molar-refractivity contribution in [3.8, 4) is 0 Å². The van der Waals surface area contributed by atoms with Gasteiger partial charge in [0.25, 0.3) is 0 Å². The first kappa shape index (κ1) is 16.1. The molecule has 1 amide bonds. The molecule has 3 nitrogen and oxygen atoms in total. The molecule has 0 radical (unpaired) electrons. The predicted molar refractivity (Wildman–Crippen MR) is 70.8 cm³/mol. The van der Waals surface area contributed by atoms with Gasteiger partial charge in [-0.15, -0.1) is 0 Å². The lowest BCUT2D eigenvalue weighted by molar-refractivity contribution is -0.134. The normalized spacial score (nSPS) is 17.1. The van der Waals surface area contributed by atoms with Crippen LogP contribution in [-0.4, -0.2) is 30.2 Å². The van der Waals surface area contributed by atoms with E-state index in [4.69, 9.17) is 4.79 Å². The van der Waals surface area contributed by atoms with E-state index in [9.17, 15) is 4.79 Å². The lowest BCUT2D eigenvalue weighted by Gasteiger charge is -2.32. The number of piperidine rings is 1. The second kappa shape index (κ2) is 7.46. The number of aldehydes is 1. The van der Waals surface area contributed by atoms with Gasteiger partial charge in [-0.05, 0) is 31.1 Å². The Balaban J connectivity index is 0.000000770. The van der Waals surface area contributed by atoms with Crippen LogP contribution in [0.4, 0.5) is 0 Å². The molecule has 1 rings (SSSR count). The summed E-state index contributed by atoms with van der Waals surface area (Å²) < 4.78 is 0. The summed E-state index contributed by atoms with van der Waals surface area (Å²) >= 11 is 0. The highest BCUT2D eigenvalue weighted by molar-refractivity contribution is 5.76. The van der Waals surface area contributed by atoms with Crippen molar-refractivity contribution in [2.45, 2.75) is 53.9 Å². The minimum atomic E-state index is 0.125. The summed E-state index contributed by atoms with van der Waals surface area (Å²) in [5.74, 6) is 1.14. The van der Waals surface area contributed by atoms with E-state index < -0.39 is 0 Å². The fourth-order valence-electron chi connectivity index (χ4n) is 1.82. The zero-order valence-electron chi connectivity index (χ0n) is 12.0. The first-order valence-corrected chi connectivity index (χ1v) is 6.47. The molecule has 17 heavy (non-hydrogen) atoms. The first-order valence-electron chi connectivity index (χ1n) is 6.47. The largest absolute Gasteiger partial charge is 0.343 e. The molecule has 1 saturated heterocycles. The number of hydrogen-bond donors (Lipinski definition) is 0. The first-order chi connectivity index (χ1) is 7.80. The highest BCUT2D eigenvalue weighted by atomic mass is 16.2. The number of hydrogen-bond acceptors (Lipinski definition) is 2. The van der Waals surface area contributed by atoms with Gasteiger partial charge in [-0.2, -0.15) is 0 Å². The molecule has 100 valence electrons. The lowest BCUT2D eigenvalue weighted by Crippen LogP contribution is -2.39. The topological polar surface area (TPSA) is 37.4 Å². The summed E-state index contributed by atoms with van der Waals surface area (Å²) in [7, 11) is 0. The van der Waals surface area contributed by atoms with E-state index in [2.05, 4.69) is 27.7 Å². The van der Waals surface area contributed by atoms with Crippen molar-refractivity contribution in [2.24, 2.45) is 11.3 Å². The zero-order chi connectivity index (χ0) is 13.5. The number of likely N-dealkylation sites (tertiary alicyclic amines) is 1. The van der Waals surface area contributed by atoms with Crippen molar-refractivity contribution < 1.29 is 9.59 Å². The third-order valence-corrected chi connectivity index (χ3v) is 2.82. The molecule has 0 bridgehead atoms. The molecule has 0 N–H and O–H groups in total. The van der Waals surface area contributed by atoms with Gasteiger partial charge < -0.3 is 9.69 Å². The molecule has 0 unspecified atom stereocenters. The average Bonchev–Trinajstić information content (AvgIpc) is 2.17. The quantitative estimate of drug-likeness (QED) is 0.662. The minimum absolute atomic E-state index is 0.125. The van der Waals surface area contributed by atoms with Crippen LogP contribution in [0.3, 0.4) is 0 Å². The standard InChI is InChI=1S/C12H23NO.C2H4O/c1-10-5-7-13(8-6-10)11(14)9-12(2,3)4;1-2-3/h10H,5-9H2,1-4H3;2H,1H3. The minimum Gasteiger partial charge on any atom is -0.343 e. The van der Waals surface area contributed by atoms with Crippen LogP contribution in [0.15, 0.2) is 0 Å². The Morgan fingerprint density at radius 1 is 1.29 bits per heavy atom. The molecule has 0 aliphatic carbocycles. The van der Waals surface area contributed by atoms with Crippen LogP contribution in [0.5, 0.6) is 0 Å². The second-order valence-corrected chi connectivity index (χ2v) is 6.04. The van der Waals surface area contributed by atoms with E-state index >= 15 is 0 Å². The van der Waals surface area contributed by atoms with Crippen LogP contribution in [0.25, 0.3) is 0 Å². The monoisotopic (exact) mass is 241 g/mol. The highest BCUT2D eigenvalue weighted by Gasteiger charge is 2.24. The van der Waals surface area contributed by atoms with Gasteiger partial charge in [0, 0.05) is 19.5 Å². The fourth-order valence-corrected chi connectivity index (χ4v) is 1.82. The van der Waals surface area contributed by atoms with Crippen LogP contribution in [-0.2, 0) is 9.59 Å². The molecule has 0 aromatic heterocycles. The van der Waals surface area contributed by atoms with Crippen LogP contribution in [0.1, 0.15) is 53.9 Å². The van der Waals surface area contributed by atoms with Crippen molar-refractivity contribution in [1.29, 1.82) is 0 Å². The van der Waals surface area contributed by atoms with E-state index in [1.165, 1.54) is 19.8 Å². The number of carbonyl (C=O) groups excluding carboxylic acids is 2. The van der Waals surface area contributed by atoms with Crippen molar-refractivity contribution in [2.75, 3.05) is 13.1 Å². The SMILES string of the molecule is CC1CCN(C(=O)CC(C)(C)C)CC1.CC=O. The maximum absolute atomic E-state index is 11.8. The number of rotatable bonds is 1. The molecule has 0 atom stereocenters. The Bertz CT molecular complexity index is 235. The maximum Gasteiger partial charge on any atom is 0.223 e. The van der Waals surface area contributed by atoms with Gasteiger partial charge in [0.2, 0.25) is 5.91 Å². The second-order valence-electron chi connectivity index (χ2n) is 6.04. The maximum atomic E-state index is 11.8. The molecule has 1 aliphatic rings. The van der Waals surface area contributed by atoms with Gasteiger partial charge in [-0.3, -0.25) is 4.79 Å². The molecular formula is C14H27NO2. The molecule has 0 spiro atoms. The molecule has 1 heterocycles. The molecule has 0 saturated carbocycles. The van der Waals surface area contributed by atoms with Gasteiger partial charge >= 0.3 is 0 Å². The summed E-state index contributed by atoms with van der Waals surface area (Å²) in [4.78, 5) is 22.7. The zero-order valence-corrected chi connectivity index (χ0v) is 12.0. The van der Waals surface area contributed by atoms with E-state index in [-0.39, 0.29) is 5.41 Å². The van der Waals surface area contributed by atoms with Crippen LogP contribution in [0, 0.1) is 11.3 Å². The van der Waals surface area contributed by atoms with Crippen LogP contribution < -0.4 is 0 Å². The summed E-state index contributed by atoms with van der Waals surface area (Å²) in [5, 5.41) is 0. The summed E-state index contributed by atoms with van der Waals surface area (Å²) in [6, 6.07) is 0. The molecule has 3 heteroatoms. The molecule has 1 fully saturated rings.